The van der Waals surface area contributed by atoms with Gasteiger partial charge >= 0.3 is 0 Å². The van der Waals surface area contributed by atoms with E-state index in [4.69, 9.17) is 16.3 Å². The lowest BCUT2D eigenvalue weighted by Crippen LogP contribution is -2.16. The molecule has 0 bridgehead atoms. The molecule has 4 nitrogen and oxygen atoms in total. The van der Waals surface area contributed by atoms with Crippen LogP contribution in [0.5, 0.6) is 5.88 Å². The zero-order valence-corrected chi connectivity index (χ0v) is 18.1. The van der Waals surface area contributed by atoms with Crippen LogP contribution < -0.4 is 4.74 Å². The lowest BCUT2D eigenvalue weighted by Gasteiger charge is -2.17. The minimum absolute atomic E-state index is 0.00773. The second kappa shape index (κ2) is 8.75. The highest BCUT2D eigenvalue weighted by molar-refractivity contribution is 6.32. The van der Waals surface area contributed by atoms with Crippen LogP contribution in [-0.2, 0) is 6.54 Å². The molecule has 1 heterocycles. The van der Waals surface area contributed by atoms with Crippen molar-refractivity contribution in [2.75, 3.05) is 0 Å². The maximum absolute atomic E-state index is 13.4. The molecule has 1 atom stereocenters. The molecule has 1 aromatic carbocycles. The molecule has 0 N–H and O–H groups in total. The van der Waals surface area contributed by atoms with Crippen molar-refractivity contribution < 1.29 is 9.53 Å². The van der Waals surface area contributed by atoms with Crippen LogP contribution >= 0.6 is 11.6 Å². The molecule has 0 saturated carbocycles. The number of halogens is 1. The Morgan fingerprint density at radius 1 is 1.22 bits per heavy atom. The summed E-state index contributed by atoms with van der Waals surface area (Å²) < 4.78 is 7.75. The van der Waals surface area contributed by atoms with Crippen molar-refractivity contribution in [2.24, 2.45) is 0 Å². The summed E-state index contributed by atoms with van der Waals surface area (Å²) in [6.07, 6.45) is 2.46. The summed E-state index contributed by atoms with van der Waals surface area (Å²) in [5.74, 6) is 0.441. The Hall–Kier alpha value is -2.07. The minimum Gasteiger partial charge on any atom is -0.474 e. The van der Waals surface area contributed by atoms with Crippen molar-refractivity contribution in [2.45, 2.75) is 67.5 Å². The van der Waals surface area contributed by atoms with E-state index < -0.39 is 0 Å². The van der Waals surface area contributed by atoms with E-state index in [2.05, 4.69) is 12.0 Å². The Morgan fingerprint density at radius 2 is 1.89 bits per heavy atom. The number of rotatable bonds is 7. The lowest BCUT2D eigenvalue weighted by molar-refractivity contribution is 0.103. The smallest absolute Gasteiger partial charge is 0.223 e. The Morgan fingerprint density at radius 3 is 2.44 bits per heavy atom. The van der Waals surface area contributed by atoms with E-state index in [1.54, 1.807) is 23.0 Å². The van der Waals surface area contributed by atoms with Crippen molar-refractivity contribution in [1.82, 2.24) is 9.78 Å². The normalized spacial score (nSPS) is 12.0. The van der Waals surface area contributed by atoms with Crippen molar-refractivity contribution >= 4 is 23.0 Å². The van der Waals surface area contributed by atoms with E-state index in [1.807, 2.05) is 41.5 Å². The van der Waals surface area contributed by atoms with Gasteiger partial charge < -0.3 is 4.74 Å². The van der Waals surface area contributed by atoms with Crippen LogP contribution in [0.15, 0.2) is 23.9 Å². The van der Waals surface area contributed by atoms with Crippen LogP contribution in [0.4, 0.5) is 0 Å². The molecule has 2 rings (SSSR count). The number of benzene rings is 1. The number of carbonyl (C=O) groups is 1. The topological polar surface area (TPSA) is 44.1 Å². The van der Waals surface area contributed by atoms with Crippen molar-refractivity contribution in [3.63, 3.8) is 0 Å². The van der Waals surface area contributed by atoms with Crippen molar-refractivity contribution in [1.29, 1.82) is 0 Å². The maximum atomic E-state index is 13.4. The second-order valence-corrected chi connectivity index (χ2v) is 7.47. The predicted molar refractivity (Wildman–Crippen MR) is 112 cm³/mol. The number of nitrogens with zero attached hydrogens (tertiary/aromatic N) is 2. The van der Waals surface area contributed by atoms with Crippen molar-refractivity contribution in [3.05, 3.63) is 51.2 Å². The molecule has 0 saturated heterocycles. The van der Waals surface area contributed by atoms with Gasteiger partial charge in [0.05, 0.1) is 12.3 Å². The fourth-order valence-corrected chi connectivity index (χ4v) is 3.28. The summed E-state index contributed by atoms with van der Waals surface area (Å²) >= 11 is 6.45. The molecule has 0 fully saturated rings. The third-order valence-corrected chi connectivity index (χ3v) is 5.32. The molecule has 1 aromatic heterocycles. The standard InChI is InChI=1S/C22H29ClN2O2/c1-8-14(5)27-22-18(12-24-25(22)9-2)21(26)17-10-11-19(23)20(16(17)7)15(6)13(3)4/h10-12,14H,8-9H2,1-7H3. The first-order valence-corrected chi connectivity index (χ1v) is 9.81. The van der Waals surface area contributed by atoms with Crippen LogP contribution in [0, 0.1) is 6.92 Å². The van der Waals surface area contributed by atoms with E-state index in [0.717, 1.165) is 23.1 Å². The number of hydrogen-bond acceptors (Lipinski definition) is 3. The Kier molecular flexibility index (Phi) is 6.88. The van der Waals surface area contributed by atoms with E-state index in [0.29, 0.717) is 28.6 Å². The summed E-state index contributed by atoms with van der Waals surface area (Å²) in [5, 5.41) is 4.99. The van der Waals surface area contributed by atoms with Crippen molar-refractivity contribution in [3.8, 4) is 5.88 Å². The highest BCUT2D eigenvalue weighted by Crippen LogP contribution is 2.33. The number of allylic oxidation sites excluding steroid dienone is 2. The molecule has 0 spiro atoms. The number of carbonyl (C=O) groups excluding carboxylic acids is 1. The highest BCUT2D eigenvalue weighted by Gasteiger charge is 2.24. The quantitative estimate of drug-likeness (QED) is 0.539. The predicted octanol–water partition coefficient (Wildman–Crippen LogP) is 6.09. The first-order chi connectivity index (χ1) is 12.7. The summed E-state index contributed by atoms with van der Waals surface area (Å²) in [7, 11) is 0. The third-order valence-electron chi connectivity index (χ3n) is 5.01. The van der Waals surface area contributed by atoms with Gasteiger partial charge in [0.25, 0.3) is 0 Å². The highest BCUT2D eigenvalue weighted by atomic mass is 35.5. The molecule has 5 heteroatoms. The average molecular weight is 389 g/mol. The van der Waals surface area contributed by atoms with Gasteiger partial charge in [0.15, 0.2) is 5.78 Å². The van der Waals surface area contributed by atoms with Gasteiger partial charge in [0.1, 0.15) is 5.56 Å². The molecule has 0 aliphatic heterocycles. The van der Waals surface area contributed by atoms with Gasteiger partial charge in [-0.3, -0.25) is 4.79 Å². The monoisotopic (exact) mass is 388 g/mol. The Labute approximate surface area is 167 Å². The number of ketones is 1. The molecule has 27 heavy (non-hydrogen) atoms. The van der Waals surface area contributed by atoms with Crippen LogP contribution in [-0.4, -0.2) is 21.7 Å². The van der Waals surface area contributed by atoms with Gasteiger partial charge in [0, 0.05) is 17.1 Å². The van der Waals surface area contributed by atoms with Crippen LogP contribution in [0.25, 0.3) is 5.57 Å². The van der Waals surface area contributed by atoms with E-state index in [1.165, 1.54) is 5.57 Å². The first-order valence-electron chi connectivity index (χ1n) is 9.43. The summed E-state index contributed by atoms with van der Waals surface area (Å²) in [5.41, 5.74) is 5.18. The number of hydrogen-bond donors (Lipinski definition) is 0. The summed E-state index contributed by atoms with van der Waals surface area (Å²) in [4.78, 5) is 13.4. The second-order valence-electron chi connectivity index (χ2n) is 7.06. The third kappa shape index (κ3) is 4.27. The SMILES string of the molecule is CCC(C)Oc1c(C(=O)c2ccc(Cl)c(C(C)=C(C)C)c2C)cnn1CC. The minimum atomic E-state index is -0.0926. The van der Waals surface area contributed by atoms with Gasteiger partial charge in [-0.25, -0.2) is 4.68 Å². The van der Waals surface area contributed by atoms with Gasteiger partial charge in [-0.2, -0.15) is 5.10 Å². The summed E-state index contributed by atoms with van der Waals surface area (Å²) in [6, 6.07) is 3.58. The molecule has 0 radical (unpaired) electrons. The molecule has 0 aliphatic carbocycles. The van der Waals surface area contributed by atoms with Gasteiger partial charge in [-0.1, -0.05) is 24.1 Å². The number of aryl methyl sites for hydroxylation is 1. The van der Waals surface area contributed by atoms with Gasteiger partial charge in [-0.15, -0.1) is 0 Å². The lowest BCUT2D eigenvalue weighted by atomic mass is 9.92. The molecule has 1 unspecified atom stereocenters. The molecular formula is C22H29ClN2O2. The molecule has 2 aromatic rings. The zero-order valence-electron chi connectivity index (χ0n) is 17.3. The van der Waals surface area contributed by atoms with Crippen LogP contribution in [0.1, 0.15) is 75.0 Å². The van der Waals surface area contributed by atoms with Gasteiger partial charge in [0.2, 0.25) is 5.88 Å². The average Bonchev–Trinajstić information content (AvgIpc) is 3.03. The maximum Gasteiger partial charge on any atom is 0.223 e. The zero-order chi connectivity index (χ0) is 20.3. The molecule has 0 amide bonds. The number of ether oxygens (including phenoxy) is 1. The summed E-state index contributed by atoms with van der Waals surface area (Å²) in [6.45, 7) is 14.7. The Bertz CT molecular complexity index is 877. The molecule has 0 aliphatic rings. The fourth-order valence-electron chi connectivity index (χ4n) is 2.93. The largest absolute Gasteiger partial charge is 0.474 e. The van der Waals surface area contributed by atoms with Crippen LogP contribution in [0.2, 0.25) is 5.02 Å². The molecule has 146 valence electrons. The number of aromatic nitrogens is 2. The fraction of sp³-hybridized carbons (Fsp3) is 0.455. The van der Waals surface area contributed by atoms with E-state index >= 15 is 0 Å². The Balaban J connectivity index is 2.59. The van der Waals surface area contributed by atoms with Crippen LogP contribution in [0.3, 0.4) is 0 Å². The van der Waals surface area contributed by atoms with E-state index in [-0.39, 0.29) is 11.9 Å². The van der Waals surface area contributed by atoms with E-state index in [9.17, 15) is 4.79 Å². The first kappa shape index (κ1) is 21.2. The van der Waals surface area contributed by atoms with Gasteiger partial charge in [-0.05, 0) is 76.8 Å². The molecular weight excluding hydrogens is 360 g/mol.